The SMILES string of the molecule is C=CCc1ccccc1OCCCCn1c(C(C)NC(=O)c2ccccc2)nc2ccccc21. The van der Waals surface area contributed by atoms with Crippen molar-refractivity contribution >= 4 is 16.9 Å². The maximum Gasteiger partial charge on any atom is 0.251 e. The van der Waals surface area contributed by atoms with Gasteiger partial charge in [-0.25, -0.2) is 4.98 Å². The highest BCUT2D eigenvalue weighted by Crippen LogP contribution is 2.23. The molecular formula is C29H31N3O2. The number of rotatable bonds is 11. The molecule has 0 radical (unpaired) electrons. The molecule has 0 spiro atoms. The molecule has 0 saturated heterocycles. The number of hydrogen-bond acceptors (Lipinski definition) is 3. The van der Waals surface area contributed by atoms with Crippen molar-refractivity contribution in [3.05, 3.63) is 108 Å². The van der Waals surface area contributed by atoms with E-state index in [2.05, 4.69) is 28.6 Å². The molecule has 0 saturated carbocycles. The number of aryl methyl sites for hydroxylation is 1. The van der Waals surface area contributed by atoms with E-state index in [-0.39, 0.29) is 11.9 Å². The van der Waals surface area contributed by atoms with E-state index in [1.165, 1.54) is 0 Å². The third kappa shape index (κ3) is 5.54. The Labute approximate surface area is 201 Å². The Balaban J connectivity index is 1.41. The van der Waals surface area contributed by atoms with E-state index in [9.17, 15) is 4.79 Å². The minimum absolute atomic E-state index is 0.0988. The number of unbranched alkanes of at least 4 members (excludes halogenated alkanes) is 1. The van der Waals surface area contributed by atoms with Gasteiger partial charge in [0.1, 0.15) is 11.6 Å². The van der Waals surface area contributed by atoms with Gasteiger partial charge in [-0.3, -0.25) is 4.79 Å². The van der Waals surface area contributed by atoms with Gasteiger partial charge in [-0.05, 0) is 62.1 Å². The van der Waals surface area contributed by atoms with Gasteiger partial charge < -0.3 is 14.6 Å². The van der Waals surface area contributed by atoms with Crippen LogP contribution in [-0.4, -0.2) is 22.1 Å². The molecule has 3 aromatic carbocycles. The average Bonchev–Trinajstić information content (AvgIpc) is 3.24. The molecule has 1 atom stereocenters. The molecule has 0 aliphatic rings. The third-order valence-electron chi connectivity index (χ3n) is 5.83. The third-order valence-corrected chi connectivity index (χ3v) is 5.83. The highest BCUT2D eigenvalue weighted by atomic mass is 16.5. The first kappa shape index (κ1) is 23.3. The molecule has 5 heteroatoms. The van der Waals surface area contributed by atoms with Gasteiger partial charge in [0, 0.05) is 12.1 Å². The summed E-state index contributed by atoms with van der Waals surface area (Å²) in [7, 11) is 0. The normalized spacial score (nSPS) is 11.8. The minimum Gasteiger partial charge on any atom is -0.493 e. The number of amides is 1. The van der Waals surface area contributed by atoms with Crippen molar-refractivity contribution in [2.24, 2.45) is 0 Å². The summed E-state index contributed by atoms with van der Waals surface area (Å²) in [5.74, 6) is 1.69. The molecule has 1 heterocycles. The van der Waals surface area contributed by atoms with Gasteiger partial charge in [0.15, 0.2) is 0 Å². The predicted octanol–water partition coefficient (Wildman–Crippen LogP) is 6.12. The number of nitrogens with one attached hydrogen (secondary N) is 1. The second kappa shape index (κ2) is 11.3. The minimum atomic E-state index is -0.220. The van der Waals surface area contributed by atoms with Gasteiger partial charge in [-0.1, -0.05) is 54.6 Å². The molecule has 0 bridgehead atoms. The molecule has 4 rings (SSSR count). The first-order valence-electron chi connectivity index (χ1n) is 11.8. The van der Waals surface area contributed by atoms with E-state index in [0.717, 1.165) is 54.0 Å². The summed E-state index contributed by atoms with van der Waals surface area (Å²) in [6.45, 7) is 7.27. The number of para-hydroxylation sites is 3. The van der Waals surface area contributed by atoms with Crippen LogP contribution >= 0.6 is 0 Å². The zero-order valence-corrected chi connectivity index (χ0v) is 19.6. The second-order valence-electron chi connectivity index (χ2n) is 8.33. The fourth-order valence-corrected chi connectivity index (χ4v) is 4.12. The van der Waals surface area contributed by atoms with Gasteiger partial charge in [0.25, 0.3) is 5.91 Å². The Morgan fingerprint density at radius 3 is 2.59 bits per heavy atom. The predicted molar refractivity (Wildman–Crippen MR) is 137 cm³/mol. The van der Waals surface area contributed by atoms with Gasteiger partial charge in [0.2, 0.25) is 0 Å². The van der Waals surface area contributed by atoms with Crippen molar-refractivity contribution in [3.63, 3.8) is 0 Å². The summed E-state index contributed by atoms with van der Waals surface area (Å²) >= 11 is 0. The van der Waals surface area contributed by atoms with Crippen LogP contribution in [0.3, 0.4) is 0 Å². The topological polar surface area (TPSA) is 56.1 Å². The van der Waals surface area contributed by atoms with Gasteiger partial charge in [0.05, 0.1) is 23.7 Å². The van der Waals surface area contributed by atoms with Gasteiger partial charge in [-0.2, -0.15) is 0 Å². The lowest BCUT2D eigenvalue weighted by atomic mass is 10.1. The zero-order chi connectivity index (χ0) is 23.8. The Bertz CT molecular complexity index is 1250. The number of ether oxygens (including phenoxy) is 1. The van der Waals surface area contributed by atoms with Crippen molar-refractivity contribution in [2.75, 3.05) is 6.61 Å². The summed E-state index contributed by atoms with van der Waals surface area (Å²) in [5, 5.41) is 3.10. The van der Waals surface area contributed by atoms with E-state index in [1.807, 2.05) is 79.7 Å². The lowest BCUT2D eigenvalue weighted by Gasteiger charge is -2.17. The molecule has 34 heavy (non-hydrogen) atoms. The Morgan fingerprint density at radius 1 is 1.03 bits per heavy atom. The van der Waals surface area contributed by atoms with E-state index in [1.54, 1.807) is 0 Å². The van der Waals surface area contributed by atoms with Crippen molar-refractivity contribution in [1.82, 2.24) is 14.9 Å². The Kier molecular flexibility index (Phi) is 7.76. The highest BCUT2D eigenvalue weighted by molar-refractivity contribution is 5.94. The first-order chi connectivity index (χ1) is 16.7. The number of carbonyl (C=O) groups is 1. The number of nitrogens with zero attached hydrogens (tertiary/aromatic N) is 2. The van der Waals surface area contributed by atoms with Crippen LogP contribution in [0.25, 0.3) is 11.0 Å². The fraction of sp³-hybridized carbons (Fsp3) is 0.241. The maximum absolute atomic E-state index is 12.7. The summed E-state index contributed by atoms with van der Waals surface area (Å²) in [6, 6.07) is 25.3. The summed E-state index contributed by atoms with van der Waals surface area (Å²) in [5.41, 5.74) is 3.82. The number of carbonyl (C=O) groups excluding carboxylic acids is 1. The quantitative estimate of drug-likeness (QED) is 0.220. The van der Waals surface area contributed by atoms with Gasteiger partial charge >= 0.3 is 0 Å². The highest BCUT2D eigenvalue weighted by Gasteiger charge is 2.19. The number of imidazole rings is 1. The number of benzene rings is 3. The molecule has 0 fully saturated rings. The van der Waals surface area contributed by atoms with Crippen LogP contribution in [0.5, 0.6) is 5.75 Å². The molecule has 1 amide bonds. The molecule has 1 unspecified atom stereocenters. The monoisotopic (exact) mass is 453 g/mol. The van der Waals surface area contributed by atoms with Crippen molar-refractivity contribution in [2.45, 2.75) is 38.8 Å². The molecule has 1 N–H and O–H groups in total. The first-order valence-corrected chi connectivity index (χ1v) is 11.8. The second-order valence-corrected chi connectivity index (χ2v) is 8.33. The summed E-state index contributed by atoms with van der Waals surface area (Å²) in [4.78, 5) is 17.5. The van der Waals surface area contributed by atoms with E-state index in [4.69, 9.17) is 9.72 Å². The Morgan fingerprint density at radius 2 is 1.76 bits per heavy atom. The Hall–Kier alpha value is -3.86. The molecule has 0 aliphatic carbocycles. The van der Waals surface area contributed by atoms with Crippen LogP contribution in [0.1, 0.15) is 47.6 Å². The van der Waals surface area contributed by atoms with Crippen molar-refractivity contribution in [1.29, 1.82) is 0 Å². The molecule has 174 valence electrons. The smallest absolute Gasteiger partial charge is 0.251 e. The molecule has 5 nitrogen and oxygen atoms in total. The fourth-order valence-electron chi connectivity index (χ4n) is 4.12. The average molecular weight is 454 g/mol. The van der Waals surface area contributed by atoms with Crippen molar-refractivity contribution < 1.29 is 9.53 Å². The number of allylic oxidation sites excluding steroid dienone is 1. The molecule has 0 aliphatic heterocycles. The van der Waals surface area contributed by atoms with Crippen LogP contribution in [0, 0.1) is 0 Å². The van der Waals surface area contributed by atoms with E-state index in [0.29, 0.717) is 12.2 Å². The number of hydrogen-bond donors (Lipinski definition) is 1. The molecule has 1 aromatic heterocycles. The van der Waals surface area contributed by atoms with Crippen molar-refractivity contribution in [3.8, 4) is 5.75 Å². The lowest BCUT2D eigenvalue weighted by Crippen LogP contribution is -2.28. The van der Waals surface area contributed by atoms with E-state index < -0.39 is 0 Å². The van der Waals surface area contributed by atoms with Crippen LogP contribution in [-0.2, 0) is 13.0 Å². The standard InChI is InChI=1S/C29H31N3O2/c1-3-13-23-14-7-10-19-27(23)34-21-12-11-20-32-26-18-9-8-17-25(26)31-28(32)22(2)30-29(33)24-15-5-4-6-16-24/h3-10,14-19,22H,1,11-13,20-21H2,2H3,(H,30,33). The number of fused-ring (bicyclic) bond motifs is 1. The number of aromatic nitrogens is 2. The van der Waals surface area contributed by atoms with Crippen LogP contribution in [0.2, 0.25) is 0 Å². The van der Waals surface area contributed by atoms with E-state index >= 15 is 0 Å². The molecule has 4 aromatic rings. The largest absolute Gasteiger partial charge is 0.493 e. The van der Waals surface area contributed by atoms with Crippen LogP contribution < -0.4 is 10.1 Å². The molecular weight excluding hydrogens is 422 g/mol. The summed E-state index contributed by atoms with van der Waals surface area (Å²) in [6.07, 6.45) is 4.55. The lowest BCUT2D eigenvalue weighted by molar-refractivity contribution is 0.0937. The van der Waals surface area contributed by atoms with Gasteiger partial charge in [-0.15, -0.1) is 6.58 Å². The zero-order valence-electron chi connectivity index (χ0n) is 19.6. The van der Waals surface area contributed by atoms with Crippen LogP contribution in [0.15, 0.2) is 91.5 Å². The maximum atomic E-state index is 12.7. The summed E-state index contributed by atoms with van der Waals surface area (Å²) < 4.78 is 8.27. The van der Waals surface area contributed by atoms with Crippen LogP contribution in [0.4, 0.5) is 0 Å².